The van der Waals surface area contributed by atoms with Gasteiger partial charge in [-0.2, -0.15) is 4.31 Å². The minimum absolute atomic E-state index is 0.152. The highest BCUT2D eigenvalue weighted by Crippen LogP contribution is 2.52. The van der Waals surface area contributed by atoms with E-state index in [2.05, 4.69) is 76.2 Å². The monoisotopic (exact) mass is 701 g/mol. The van der Waals surface area contributed by atoms with E-state index in [0.717, 1.165) is 69.8 Å². The van der Waals surface area contributed by atoms with Gasteiger partial charge in [0.05, 0.1) is 11.5 Å². The Hall–Kier alpha value is -2.58. The number of hydrogen-bond donors (Lipinski definition) is 0. The average molecular weight is 702 g/mol. The summed E-state index contributed by atoms with van der Waals surface area (Å²) in [6.45, 7) is 11.3. The van der Waals surface area contributed by atoms with Crippen LogP contribution >= 0.6 is 0 Å². The number of Topliss-reactive ketones (excluding diaryl/α,β-unsaturated/α-hetero) is 1. The summed E-state index contributed by atoms with van der Waals surface area (Å²) in [4.78, 5) is 13.4. The van der Waals surface area contributed by atoms with Gasteiger partial charge < -0.3 is 4.43 Å². The van der Waals surface area contributed by atoms with Gasteiger partial charge in [-0.1, -0.05) is 138 Å². The van der Waals surface area contributed by atoms with E-state index in [9.17, 15) is 13.2 Å². The Morgan fingerprint density at radius 2 is 1.47 bits per heavy atom. The predicted octanol–water partition coefficient (Wildman–Crippen LogP) is 8.97. The molecule has 0 amide bonds. The highest BCUT2D eigenvalue weighted by Gasteiger charge is 2.58. The molecule has 3 atom stereocenters. The lowest BCUT2D eigenvalue weighted by Crippen LogP contribution is -2.67. The number of carbonyl (C=O) groups is 1. The molecule has 1 spiro atoms. The van der Waals surface area contributed by atoms with Gasteiger partial charge in [-0.15, -0.1) is 0 Å². The average Bonchev–Trinajstić information content (AvgIpc) is 3.46. The van der Waals surface area contributed by atoms with Crippen LogP contribution in [0.1, 0.15) is 117 Å². The molecule has 0 bridgehead atoms. The van der Waals surface area contributed by atoms with Crippen LogP contribution in [-0.2, 0) is 19.2 Å². The third kappa shape index (κ3) is 8.00. The van der Waals surface area contributed by atoms with Gasteiger partial charge in [0.25, 0.3) is 8.32 Å². The molecule has 1 heterocycles. The molecule has 49 heavy (non-hydrogen) atoms. The van der Waals surface area contributed by atoms with E-state index in [1.807, 2.05) is 35.5 Å². The van der Waals surface area contributed by atoms with Crippen molar-refractivity contribution in [2.45, 2.75) is 140 Å². The van der Waals surface area contributed by atoms with Crippen LogP contribution in [0.5, 0.6) is 0 Å². The third-order valence-corrected chi connectivity index (χ3v) is 18.5. The van der Waals surface area contributed by atoms with E-state index in [0.29, 0.717) is 30.1 Å². The number of nitrogens with zero attached hydrogens (tertiary/aromatic N) is 1. The Bertz CT molecular complexity index is 1560. The highest BCUT2D eigenvalue weighted by molar-refractivity contribution is 7.89. The van der Waals surface area contributed by atoms with E-state index < -0.39 is 23.9 Å². The molecule has 1 aliphatic heterocycles. The smallest absolute Gasteiger partial charge is 0.261 e. The number of carbonyl (C=O) groups excluding carboxylic acids is 1. The second-order valence-corrected chi connectivity index (χ2v) is 21.8. The summed E-state index contributed by atoms with van der Waals surface area (Å²) in [5.41, 5.74) is 0.527. The van der Waals surface area contributed by atoms with Gasteiger partial charge in [0.1, 0.15) is 5.78 Å². The zero-order valence-electron chi connectivity index (χ0n) is 30.6. The fourth-order valence-electron chi connectivity index (χ4n) is 8.94. The van der Waals surface area contributed by atoms with Crippen molar-refractivity contribution in [3.63, 3.8) is 0 Å². The largest absolute Gasteiger partial charge is 0.406 e. The fourth-order valence-corrected chi connectivity index (χ4v) is 15.6. The van der Waals surface area contributed by atoms with Gasteiger partial charge in [0.15, 0.2) is 0 Å². The summed E-state index contributed by atoms with van der Waals surface area (Å²) >= 11 is 0. The van der Waals surface area contributed by atoms with Crippen molar-refractivity contribution in [3.05, 3.63) is 90.5 Å². The molecule has 5 rings (SSSR count). The Morgan fingerprint density at radius 3 is 2.06 bits per heavy atom. The van der Waals surface area contributed by atoms with Crippen molar-refractivity contribution < 1.29 is 17.6 Å². The molecule has 1 saturated carbocycles. The predicted molar refractivity (Wildman–Crippen MR) is 204 cm³/mol. The van der Waals surface area contributed by atoms with Gasteiger partial charge in [-0.05, 0) is 78.9 Å². The molecule has 1 aliphatic carbocycles. The van der Waals surface area contributed by atoms with Crippen molar-refractivity contribution in [1.29, 1.82) is 0 Å². The maximum absolute atomic E-state index is 15.0. The molecule has 1 saturated heterocycles. The van der Waals surface area contributed by atoms with Crippen molar-refractivity contribution in [2.24, 2.45) is 5.92 Å². The first-order valence-corrected chi connectivity index (χ1v) is 22.2. The Balaban J connectivity index is 1.52. The number of ketones is 1. The summed E-state index contributed by atoms with van der Waals surface area (Å²) in [6.07, 6.45) is 11.8. The van der Waals surface area contributed by atoms with E-state index >= 15 is 0 Å². The molecule has 0 aromatic heterocycles. The second kappa shape index (κ2) is 16.2. The van der Waals surface area contributed by atoms with Crippen molar-refractivity contribution >= 4 is 34.5 Å². The molecule has 5 nitrogen and oxygen atoms in total. The molecule has 2 aliphatic rings. The summed E-state index contributed by atoms with van der Waals surface area (Å²) in [5.74, 6) is 0.480. The first-order valence-electron chi connectivity index (χ1n) is 18.8. The number of hydrogen-bond acceptors (Lipinski definition) is 4. The van der Waals surface area contributed by atoms with E-state index in [-0.39, 0.29) is 17.0 Å². The lowest BCUT2D eigenvalue weighted by atomic mass is 9.70. The molecular weight excluding hydrogens is 643 g/mol. The molecule has 0 unspecified atom stereocenters. The van der Waals surface area contributed by atoms with E-state index in [4.69, 9.17) is 4.43 Å². The van der Waals surface area contributed by atoms with Crippen LogP contribution in [-0.4, -0.2) is 45.0 Å². The van der Waals surface area contributed by atoms with Crippen molar-refractivity contribution in [3.8, 4) is 0 Å². The Morgan fingerprint density at radius 1 is 0.837 bits per heavy atom. The molecule has 7 heteroatoms. The molecule has 0 N–H and O–H groups in total. The number of rotatable bonds is 15. The second-order valence-electron chi connectivity index (χ2n) is 15.7. The summed E-state index contributed by atoms with van der Waals surface area (Å²) < 4.78 is 39.4. The summed E-state index contributed by atoms with van der Waals surface area (Å²) in [6, 6.07) is 28.3. The molecular formula is C42H59NO4SSi. The SMILES string of the molecule is CCCCCCC(=O)CC[C@@H]1CCCC[C@]12CC[C@@H](CO[Si](c1ccccc1)(c1ccccc1)C(C)(C)C)N2S(=O)(=O)c1ccc(C)cc1. The summed E-state index contributed by atoms with van der Waals surface area (Å²) in [7, 11) is -6.74. The van der Waals surface area contributed by atoms with Crippen molar-refractivity contribution in [2.75, 3.05) is 6.61 Å². The Kier molecular flexibility index (Phi) is 12.4. The maximum atomic E-state index is 15.0. The number of benzene rings is 3. The van der Waals surface area contributed by atoms with Crippen LogP contribution in [0.3, 0.4) is 0 Å². The van der Waals surface area contributed by atoms with Gasteiger partial charge in [0.2, 0.25) is 10.0 Å². The van der Waals surface area contributed by atoms with Crippen LogP contribution in [0.2, 0.25) is 5.04 Å². The molecule has 0 radical (unpaired) electrons. The maximum Gasteiger partial charge on any atom is 0.261 e. The summed E-state index contributed by atoms with van der Waals surface area (Å²) in [5, 5.41) is 2.18. The molecule has 2 fully saturated rings. The molecule has 3 aromatic rings. The minimum atomic E-state index is -3.85. The molecule has 266 valence electrons. The zero-order valence-corrected chi connectivity index (χ0v) is 32.4. The van der Waals surface area contributed by atoms with E-state index in [1.165, 1.54) is 16.8 Å². The highest BCUT2D eigenvalue weighted by atomic mass is 32.2. The first-order chi connectivity index (χ1) is 23.5. The van der Waals surface area contributed by atoms with Crippen LogP contribution in [0, 0.1) is 12.8 Å². The normalized spacial score (nSPS) is 22.1. The number of sulfonamides is 1. The standard InChI is InChI=1S/C42H59NO4SSi/c1-6-7-8-11-19-37(44)27-26-35-18-16-17-31-42(35)32-30-36(43(42)48(45,46)38-28-24-34(2)25-29-38)33-47-49(41(3,4)5,39-20-12-9-13-21-39)40-22-14-10-15-23-40/h9-10,12-15,20-25,28-29,35-36H,6-8,11,16-19,26-27,30-33H2,1-5H3/t35-,36-,42-/m0/s1. The lowest BCUT2D eigenvalue weighted by molar-refractivity contribution is -0.119. The van der Waals surface area contributed by atoms with Crippen molar-refractivity contribution in [1.82, 2.24) is 4.31 Å². The quantitative estimate of drug-likeness (QED) is 0.117. The Labute approximate surface area is 298 Å². The lowest BCUT2D eigenvalue weighted by Gasteiger charge is -2.49. The number of aryl methyl sites for hydroxylation is 1. The number of unbranched alkanes of at least 4 members (excludes halogenated alkanes) is 3. The van der Waals surface area contributed by atoms with Crippen LogP contribution in [0.15, 0.2) is 89.8 Å². The van der Waals surface area contributed by atoms with Gasteiger partial charge in [-0.25, -0.2) is 8.42 Å². The van der Waals surface area contributed by atoms with Crippen LogP contribution < -0.4 is 10.4 Å². The van der Waals surface area contributed by atoms with E-state index in [1.54, 1.807) is 12.1 Å². The van der Waals surface area contributed by atoms with Crippen LogP contribution in [0.25, 0.3) is 0 Å². The van der Waals surface area contributed by atoms with Gasteiger partial charge in [0, 0.05) is 24.4 Å². The first kappa shape index (κ1) is 37.7. The van der Waals surface area contributed by atoms with Gasteiger partial charge >= 0.3 is 0 Å². The molecule has 3 aromatic carbocycles. The van der Waals surface area contributed by atoms with Crippen LogP contribution in [0.4, 0.5) is 0 Å². The zero-order chi connectivity index (χ0) is 35.1. The van der Waals surface area contributed by atoms with Gasteiger partial charge in [-0.3, -0.25) is 4.79 Å². The third-order valence-electron chi connectivity index (χ3n) is 11.4. The fraction of sp³-hybridized carbons (Fsp3) is 0.548. The minimum Gasteiger partial charge on any atom is -0.406 e. The topological polar surface area (TPSA) is 63.7 Å².